The maximum Gasteiger partial charge on any atom is 0.122 e. The first-order valence-electron chi connectivity index (χ1n) is 6.32. The molecule has 17 heavy (non-hydrogen) atoms. The van der Waals surface area contributed by atoms with Gasteiger partial charge in [-0.3, -0.25) is 4.90 Å². The Kier molecular flexibility index (Phi) is 3.04. The van der Waals surface area contributed by atoms with Crippen LogP contribution in [-0.2, 0) is 6.42 Å². The van der Waals surface area contributed by atoms with Gasteiger partial charge in [0, 0.05) is 26.2 Å². The molecule has 0 bridgehead atoms. The Balaban J connectivity index is 1.68. The van der Waals surface area contributed by atoms with Gasteiger partial charge in [-0.25, -0.2) is 0 Å². The number of hydrogen-bond donors (Lipinski definition) is 0. The highest BCUT2D eigenvalue weighted by Gasteiger charge is 2.27. The summed E-state index contributed by atoms with van der Waals surface area (Å²) in [6, 6.07) is 9.81. The Morgan fingerprint density at radius 1 is 1.06 bits per heavy atom. The van der Waals surface area contributed by atoms with E-state index in [0.29, 0.717) is 0 Å². The zero-order valence-corrected chi connectivity index (χ0v) is 10.4. The molecule has 3 heteroatoms. The van der Waals surface area contributed by atoms with Crippen molar-refractivity contribution in [2.24, 2.45) is 0 Å². The molecule has 2 heterocycles. The van der Waals surface area contributed by atoms with Crippen molar-refractivity contribution >= 4 is 0 Å². The largest absolute Gasteiger partial charge is 0.491 e. The number of nitrogens with zero attached hydrogens (tertiary/aromatic N) is 2. The first-order chi connectivity index (χ1) is 8.33. The third-order valence-corrected chi connectivity index (χ3v) is 3.71. The maximum absolute atomic E-state index is 5.82. The molecule has 0 aromatic heterocycles. The van der Waals surface area contributed by atoms with E-state index in [1.54, 1.807) is 0 Å². The van der Waals surface area contributed by atoms with E-state index in [1.807, 2.05) is 6.07 Å². The van der Waals surface area contributed by atoms with Crippen molar-refractivity contribution in [2.75, 3.05) is 39.8 Å². The van der Waals surface area contributed by atoms with Crippen LogP contribution in [0.1, 0.15) is 5.56 Å². The van der Waals surface area contributed by atoms with Gasteiger partial charge in [-0.1, -0.05) is 18.2 Å². The lowest BCUT2D eigenvalue weighted by Gasteiger charge is -2.39. The van der Waals surface area contributed by atoms with Crippen LogP contribution in [0.2, 0.25) is 0 Å². The van der Waals surface area contributed by atoms with Crippen molar-refractivity contribution in [1.82, 2.24) is 9.80 Å². The summed E-state index contributed by atoms with van der Waals surface area (Å²) in [4.78, 5) is 4.88. The molecule has 1 radical (unpaired) electrons. The Bertz CT molecular complexity index is 386. The molecule has 1 aromatic rings. The molecule has 3 rings (SSSR count). The highest BCUT2D eigenvalue weighted by atomic mass is 16.5. The topological polar surface area (TPSA) is 15.7 Å². The number of rotatable bonds is 1. The fourth-order valence-electron chi connectivity index (χ4n) is 2.55. The first kappa shape index (κ1) is 11.1. The molecule has 3 nitrogen and oxygen atoms in total. The summed E-state index contributed by atoms with van der Waals surface area (Å²) in [5.74, 6) is 1.06. The van der Waals surface area contributed by atoms with Crippen molar-refractivity contribution < 1.29 is 4.74 Å². The second-order valence-corrected chi connectivity index (χ2v) is 4.93. The van der Waals surface area contributed by atoms with E-state index in [1.165, 1.54) is 11.6 Å². The number of para-hydroxylation sites is 1. The van der Waals surface area contributed by atoms with Crippen LogP contribution < -0.4 is 4.74 Å². The van der Waals surface area contributed by atoms with Gasteiger partial charge in [0.05, 0.1) is 6.04 Å². The van der Waals surface area contributed by atoms with Gasteiger partial charge in [0.15, 0.2) is 0 Å². The third-order valence-electron chi connectivity index (χ3n) is 3.71. The molecule has 0 amide bonds. The fraction of sp³-hybridized carbons (Fsp3) is 0.500. The van der Waals surface area contributed by atoms with E-state index in [0.717, 1.165) is 45.0 Å². The summed E-state index contributed by atoms with van der Waals surface area (Å²) in [5, 5.41) is 0. The van der Waals surface area contributed by atoms with Crippen molar-refractivity contribution in [3.05, 3.63) is 35.9 Å². The number of ether oxygens (including phenoxy) is 1. The molecule has 1 saturated heterocycles. The average Bonchev–Trinajstić information content (AvgIpc) is 2.39. The molecular weight excluding hydrogens is 212 g/mol. The van der Waals surface area contributed by atoms with Gasteiger partial charge in [-0.2, -0.15) is 0 Å². The molecule has 0 unspecified atom stereocenters. The number of piperazine rings is 1. The lowest BCUT2D eigenvalue weighted by Crippen LogP contribution is -2.48. The molecule has 1 aromatic carbocycles. The predicted octanol–water partition coefficient (Wildman–Crippen LogP) is 1.40. The molecule has 0 saturated carbocycles. The zero-order chi connectivity index (χ0) is 11.7. The van der Waals surface area contributed by atoms with Crippen molar-refractivity contribution in [3.63, 3.8) is 0 Å². The quantitative estimate of drug-likeness (QED) is 0.726. The third kappa shape index (κ3) is 2.31. The van der Waals surface area contributed by atoms with E-state index >= 15 is 0 Å². The molecule has 0 aliphatic carbocycles. The molecule has 2 aliphatic rings. The number of fused-ring (bicyclic) bond motifs is 1. The van der Waals surface area contributed by atoms with Gasteiger partial charge >= 0.3 is 0 Å². The summed E-state index contributed by atoms with van der Waals surface area (Å²) < 4.78 is 5.82. The number of likely N-dealkylation sites (N-methyl/N-ethyl adjacent to an activating group) is 1. The molecule has 1 fully saturated rings. The van der Waals surface area contributed by atoms with Crippen molar-refractivity contribution in [1.29, 1.82) is 0 Å². The minimum absolute atomic E-state index is 0.765. The highest BCUT2D eigenvalue weighted by molar-refractivity contribution is 5.37. The molecule has 2 aliphatic heterocycles. The van der Waals surface area contributed by atoms with Gasteiger partial charge in [0.2, 0.25) is 0 Å². The standard InChI is InChI=1S/C14H19N2O/c1-15-6-8-16(9-7-15)13-10-12-4-2-3-5-14(12)17-11-13/h2-5H,6-11H2,1H3. The van der Waals surface area contributed by atoms with Gasteiger partial charge in [0.25, 0.3) is 0 Å². The van der Waals surface area contributed by atoms with Gasteiger partial charge < -0.3 is 9.64 Å². The van der Waals surface area contributed by atoms with Crippen molar-refractivity contribution in [2.45, 2.75) is 6.42 Å². The maximum atomic E-state index is 5.82. The Labute approximate surface area is 103 Å². The van der Waals surface area contributed by atoms with Crippen LogP contribution in [0, 0.1) is 6.04 Å². The molecular formula is C14H19N2O. The van der Waals surface area contributed by atoms with E-state index in [-0.39, 0.29) is 0 Å². The second-order valence-electron chi connectivity index (χ2n) is 4.93. The summed E-state index contributed by atoms with van der Waals surface area (Å²) in [6.45, 7) is 5.35. The average molecular weight is 231 g/mol. The highest BCUT2D eigenvalue weighted by Crippen LogP contribution is 2.29. The Morgan fingerprint density at radius 3 is 2.65 bits per heavy atom. The first-order valence-corrected chi connectivity index (χ1v) is 6.32. The Hall–Kier alpha value is -1.06. The van der Waals surface area contributed by atoms with Gasteiger partial charge in [-0.05, 0) is 25.1 Å². The van der Waals surface area contributed by atoms with E-state index in [4.69, 9.17) is 4.74 Å². The summed E-state index contributed by atoms with van der Waals surface area (Å²) in [7, 11) is 2.19. The smallest absolute Gasteiger partial charge is 0.122 e. The molecule has 91 valence electrons. The zero-order valence-electron chi connectivity index (χ0n) is 10.4. The lowest BCUT2D eigenvalue weighted by atomic mass is 10.0. The molecule has 0 atom stereocenters. The minimum atomic E-state index is 0.765. The van der Waals surface area contributed by atoms with Gasteiger partial charge in [0.1, 0.15) is 12.4 Å². The van der Waals surface area contributed by atoms with E-state index < -0.39 is 0 Å². The van der Waals surface area contributed by atoms with Crippen LogP contribution in [0.25, 0.3) is 0 Å². The number of benzene rings is 1. The Morgan fingerprint density at radius 2 is 1.82 bits per heavy atom. The van der Waals surface area contributed by atoms with Crippen LogP contribution >= 0.6 is 0 Å². The normalized spacial score (nSPS) is 23.1. The molecule has 0 N–H and O–H groups in total. The second kappa shape index (κ2) is 4.67. The SMILES string of the molecule is CN1CCN([C]2COc3ccccc3C2)CC1. The van der Waals surface area contributed by atoms with E-state index in [2.05, 4.69) is 35.0 Å². The van der Waals surface area contributed by atoms with Crippen LogP contribution in [0.5, 0.6) is 5.75 Å². The van der Waals surface area contributed by atoms with Crippen LogP contribution in [0.3, 0.4) is 0 Å². The lowest BCUT2D eigenvalue weighted by molar-refractivity contribution is 0.126. The fourth-order valence-corrected chi connectivity index (χ4v) is 2.55. The summed E-state index contributed by atoms with van der Waals surface area (Å²) in [6.07, 6.45) is 1.06. The minimum Gasteiger partial charge on any atom is -0.491 e. The summed E-state index contributed by atoms with van der Waals surface area (Å²) >= 11 is 0. The predicted molar refractivity (Wildman–Crippen MR) is 68.0 cm³/mol. The molecule has 0 spiro atoms. The number of hydrogen-bond acceptors (Lipinski definition) is 3. The van der Waals surface area contributed by atoms with Gasteiger partial charge in [-0.15, -0.1) is 0 Å². The van der Waals surface area contributed by atoms with Crippen LogP contribution in [-0.4, -0.2) is 49.6 Å². The van der Waals surface area contributed by atoms with Crippen LogP contribution in [0.15, 0.2) is 24.3 Å². The van der Waals surface area contributed by atoms with Crippen molar-refractivity contribution in [3.8, 4) is 5.75 Å². The van der Waals surface area contributed by atoms with Crippen LogP contribution in [0.4, 0.5) is 0 Å². The van der Waals surface area contributed by atoms with E-state index in [9.17, 15) is 0 Å². The monoisotopic (exact) mass is 231 g/mol. The summed E-state index contributed by atoms with van der Waals surface area (Å²) in [5.41, 5.74) is 1.33.